The highest BCUT2D eigenvalue weighted by molar-refractivity contribution is 5.68. The number of rotatable bonds is 4. The highest BCUT2D eigenvalue weighted by atomic mass is 16.6. The Hall–Kier alpha value is -2.34. The summed E-state index contributed by atoms with van der Waals surface area (Å²) in [5, 5.41) is 16.6. The summed E-state index contributed by atoms with van der Waals surface area (Å²) in [6.07, 6.45) is 3.89. The lowest BCUT2D eigenvalue weighted by molar-refractivity contribution is 0.0319. The van der Waals surface area contributed by atoms with Gasteiger partial charge >= 0.3 is 6.09 Å². The van der Waals surface area contributed by atoms with Crippen LogP contribution in [0.1, 0.15) is 35.7 Å². The molecule has 6 nitrogen and oxygen atoms in total. The van der Waals surface area contributed by atoms with Crippen LogP contribution in [0, 0.1) is 0 Å². The molecule has 0 saturated heterocycles. The maximum Gasteiger partial charge on any atom is 0.412 e. The summed E-state index contributed by atoms with van der Waals surface area (Å²) in [5.41, 5.74) is 2.92. The second kappa shape index (κ2) is 6.62. The normalized spacial score (nSPS) is 16.9. The van der Waals surface area contributed by atoms with E-state index in [1.54, 1.807) is 6.20 Å². The number of aromatic amines is 1. The highest BCUT2D eigenvalue weighted by Crippen LogP contribution is 2.33. The number of aliphatic hydroxyl groups excluding tert-OH is 1. The van der Waals surface area contributed by atoms with E-state index in [9.17, 15) is 9.90 Å². The first-order chi connectivity index (χ1) is 10.8. The average Bonchev–Trinajstić information content (AvgIpc) is 3.04. The van der Waals surface area contributed by atoms with Crippen LogP contribution < -0.4 is 0 Å². The zero-order chi connectivity index (χ0) is 15.4. The van der Waals surface area contributed by atoms with Crippen LogP contribution in [0.25, 0.3) is 0 Å². The van der Waals surface area contributed by atoms with Crippen molar-refractivity contribution in [1.82, 2.24) is 15.1 Å². The molecule has 0 radical (unpaired) electrons. The lowest BCUT2D eigenvalue weighted by atomic mass is 9.92. The van der Waals surface area contributed by atoms with Crippen molar-refractivity contribution < 1.29 is 14.6 Å². The quantitative estimate of drug-likeness (QED) is 0.850. The lowest BCUT2D eigenvalue weighted by Crippen LogP contribution is -2.37. The molecule has 116 valence electrons. The number of nitrogens with one attached hydrogen (secondary N) is 1. The summed E-state index contributed by atoms with van der Waals surface area (Å²) in [5.74, 6) is 0. The number of hydrogen-bond acceptors (Lipinski definition) is 4. The maximum absolute atomic E-state index is 12.3. The molecule has 0 bridgehead atoms. The lowest BCUT2D eigenvalue weighted by Gasteiger charge is -2.31. The number of benzene rings is 1. The Balaban J connectivity index is 1.68. The monoisotopic (exact) mass is 301 g/mol. The van der Waals surface area contributed by atoms with Gasteiger partial charge in [0.25, 0.3) is 0 Å². The van der Waals surface area contributed by atoms with Crippen molar-refractivity contribution in [2.45, 2.75) is 31.9 Å². The molecule has 22 heavy (non-hydrogen) atoms. The molecule has 1 amide bonds. The highest BCUT2D eigenvalue weighted by Gasteiger charge is 2.31. The first-order valence-electron chi connectivity index (χ1n) is 7.40. The largest absolute Gasteiger partial charge is 0.444 e. The van der Waals surface area contributed by atoms with Gasteiger partial charge in [0.2, 0.25) is 0 Å². The Bertz CT molecular complexity index is 627. The van der Waals surface area contributed by atoms with Crippen LogP contribution >= 0.6 is 0 Å². The molecule has 1 unspecified atom stereocenters. The number of carbonyl (C=O) groups excluding carboxylic acids is 1. The standard InChI is InChI=1S/C16H19N3O3/c20-11-19(15-8-4-7-14-13(15)9-17-18-14)16(21)22-10-12-5-2-1-3-6-12/h1-3,5-6,9,15,20H,4,7-8,10-11H2,(H,17,18). The minimum atomic E-state index is -0.509. The molecule has 1 heterocycles. The number of H-pyrrole nitrogens is 1. The molecule has 2 N–H and O–H groups in total. The van der Waals surface area contributed by atoms with Gasteiger partial charge < -0.3 is 9.84 Å². The Morgan fingerprint density at radius 3 is 3.00 bits per heavy atom. The molecular formula is C16H19N3O3. The molecule has 0 aliphatic heterocycles. The predicted octanol–water partition coefficient (Wildman–Crippen LogP) is 2.38. The minimum Gasteiger partial charge on any atom is -0.444 e. The first kappa shape index (κ1) is 14.6. The summed E-state index contributed by atoms with van der Waals surface area (Å²) < 4.78 is 5.32. The SMILES string of the molecule is O=C(OCc1ccccc1)N(CO)C1CCCc2[nH]ncc21. The fraction of sp³-hybridized carbons (Fsp3) is 0.375. The fourth-order valence-electron chi connectivity index (χ4n) is 2.85. The molecule has 0 fully saturated rings. The van der Waals surface area contributed by atoms with Crippen molar-refractivity contribution in [3.63, 3.8) is 0 Å². The number of aliphatic hydroxyl groups is 1. The maximum atomic E-state index is 12.3. The van der Waals surface area contributed by atoms with Crippen molar-refractivity contribution in [3.05, 3.63) is 53.3 Å². The van der Waals surface area contributed by atoms with Crippen molar-refractivity contribution >= 4 is 6.09 Å². The molecule has 1 aromatic heterocycles. The zero-order valence-electron chi connectivity index (χ0n) is 12.2. The third kappa shape index (κ3) is 2.96. The van der Waals surface area contributed by atoms with Crippen LogP contribution in [-0.2, 0) is 17.8 Å². The van der Waals surface area contributed by atoms with Gasteiger partial charge in [-0.25, -0.2) is 4.79 Å². The summed E-state index contributed by atoms with van der Waals surface area (Å²) in [7, 11) is 0. The van der Waals surface area contributed by atoms with Crippen molar-refractivity contribution in [3.8, 4) is 0 Å². The van der Waals surface area contributed by atoms with E-state index in [2.05, 4.69) is 10.2 Å². The van der Waals surface area contributed by atoms with Crippen LogP contribution in [0.4, 0.5) is 4.79 Å². The van der Waals surface area contributed by atoms with Crippen molar-refractivity contribution in [2.24, 2.45) is 0 Å². The molecule has 1 aliphatic rings. The Morgan fingerprint density at radius 1 is 1.41 bits per heavy atom. The summed E-state index contributed by atoms with van der Waals surface area (Å²) in [6, 6.07) is 9.30. The average molecular weight is 301 g/mol. The van der Waals surface area contributed by atoms with E-state index in [0.717, 1.165) is 36.1 Å². The van der Waals surface area contributed by atoms with E-state index >= 15 is 0 Å². The Morgan fingerprint density at radius 2 is 2.23 bits per heavy atom. The number of hydrogen-bond donors (Lipinski definition) is 2. The second-order valence-corrected chi connectivity index (χ2v) is 5.36. The van der Waals surface area contributed by atoms with Crippen molar-refractivity contribution in [1.29, 1.82) is 0 Å². The van der Waals surface area contributed by atoms with Crippen LogP contribution in [0.15, 0.2) is 36.5 Å². The van der Waals surface area contributed by atoms with Gasteiger partial charge in [0.15, 0.2) is 0 Å². The number of fused-ring (bicyclic) bond motifs is 1. The first-order valence-corrected chi connectivity index (χ1v) is 7.40. The fourth-order valence-corrected chi connectivity index (χ4v) is 2.85. The van der Waals surface area contributed by atoms with Gasteiger partial charge in [0.1, 0.15) is 13.3 Å². The molecule has 0 spiro atoms. The van der Waals surface area contributed by atoms with Crippen LogP contribution in [0.2, 0.25) is 0 Å². The number of aromatic nitrogens is 2. The number of amides is 1. The van der Waals surface area contributed by atoms with E-state index in [1.165, 1.54) is 4.90 Å². The second-order valence-electron chi connectivity index (χ2n) is 5.36. The molecule has 0 saturated carbocycles. The van der Waals surface area contributed by atoms with Crippen LogP contribution in [-0.4, -0.2) is 33.0 Å². The smallest absolute Gasteiger partial charge is 0.412 e. The topological polar surface area (TPSA) is 78.5 Å². The van der Waals surface area contributed by atoms with E-state index in [1.807, 2.05) is 30.3 Å². The van der Waals surface area contributed by atoms with Gasteiger partial charge in [-0.2, -0.15) is 5.10 Å². The molecule has 3 rings (SSSR count). The molecule has 1 aliphatic carbocycles. The van der Waals surface area contributed by atoms with Gasteiger partial charge in [-0.1, -0.05) is 30.3 Å². The number of carbonyl (C=O) groups is 1. The van der Waals surface area contributed by atoms with Gasteiger partial charge in [-0.3, -0.25) is 10.00 Å². The van der Waals surface area contributed by atoms with Gasteiger partial charge in [0, 0.05) is 11.3 Å². The predicted molar refractivity (Wildman–Crippen MR) is 79.8 cm³/mol. The van der Waals surface area contributed by atoms with E-state index < -0.39 is 6.09 Å². The molecular weight excluding hydrogens is 282 g/mol. The Labute approximate surface area is 128 Å². The van der Waals surface area contributed by atoms with Crippen LogP contribution in [0.3, 0.4) is 0 Å². The van der Waals surface area contributed by atoms with Crippen LogP contribution in [0.5, 0.6) is 0 Å². The summed E-state index contributed by atoms with van der Waals surface area (Å²) in [4.78, 5) is 13.6. The minimum absolute atomic E-state index is 0.184. The molecule has 2 aromatic rings. The molecule has 6 heteroatoms. The van der Waals surface area contributed by atoms with E-state index in [-0.39, 0.29) is 19.4 Å². The van der Waals surface area contributed by atoms with Gasteiger partial charge in [-0.05, 0) is 24.8 Å². The van der Waals surface area contributed by atoms with E-state index in [0.29, 0.717) is 0 Å². The number of nitrogens with zero attached hydrogens (tertiary/aromatic N) is 2. The summed E-state index contributed by atoms with van der Waals surface area (Å²) >= 11 is 0. The number of aryl methyl sites for hydroxylation is 1. The molecule has 1 aromatic carbocycles. The zero-order valence-corrected chi connectivity index (χ0v) is 12.2. The van der Waals surface area contributed by atoms with Crippen molar-refractivity contribution in [2.75, 3.05) is 6.73 Å². The van der Waals surface area contributed by atoms with Gasteiger partial charge in [-0.15, -0.1) is 0 Å². The van der Waals surface area contributed by atoms with E-state index in [4.69, 9.17) is 4.74 Å². The third-order valence-electron chi connectivity index (χ3n) is 3.98. The summed E-state index contributed by atoms with van der Waals surface area (Å²) in [6.45, 7) is -0.177. The number of ether oxygens (including phenoxy) is 1. The molecule has 1 atom stereocenters. The van der Waals surface area contributed by atoms with Gasteiger partial charge in [0.05, 0.1) is 12.2 Å². The third-order valence-corrected chi connectivity index (χ3v) is 3.98. The Kier molecular flexibility index (Phi) is 4.39.